The summed E-state index contributed by atoms with van der Waals surface area (Å²) in [6, 6.07) is 70.5. The molecule has 0 unspecified atom stereocenters. The maximum atomic E-state index is 2.44. The maximum absolute atomic E-state index is 2.44. The molecule has 2 aromatic heterocycles. The smallest absolute Gasteiger partial charge is 0.0492 e. The van der Waals surface area contributed by atoms with Gasteiger partial charge in [0.2, 0.25) is 0 Å². The Labute approximate surface area is 327 Å². The average Bonchev–Trinajstić information content (AvgIpc) is 3.76. The van der Waals surface area contributed by atoms with Gasteiger partial charge in [0, 0.05) is 90.8 Å². The van der Waals surface area contributed by atoms with E-state index in [9.17, 15) is 0 Å². The van der Waals surface area contributed by atoms with Crippen LogP contribution < -0.4 is 9.80 Å². The molecular formula is C52H42N4. The Kier molecular flexibility index (Phi) is 8.37. The van der Waals surface area contributed by atoms with E-state index in [0.29, 0.717) is 0 Å². The second kappa shape index (κ2) is 14.0. The topological polar surface area (TPSA) is 16.3 Å². The lowest BCUT2D eigenvalue weighted by atomic mass is 10.00. The minimum Gasteiger partial charge on any atom is -0.341 e. The van der Waals surface area contributed by atoms with Crippen molar-refractivity contribution < 1.29 is 0 Å². The van der Waals surface area contributed by atoms with Gasteiger partial charge in [-0.1, -0.05) is 84.9 Å². The highest BCUT2D eigenvalue weighted by atomic mass is 15.1. The molecule has 4 heteroatoms. The Morgan fingerprint density at radius 3 is 0.893 bits per heavy atom. The summed E-state index contributed by atoms with van der Waals surface area (Å²) in [6.45, 7) is 6.27. The van der Waals surface area contributed by atoms with Crippen molar-refractivity contribution in [2.45, 2.75) is 26.9 Å². The molecule has 0 saturated carbocycles. The molecule has 0 aliphatic rings. The molecule has 0 saturated heterocycles. The highest BCUT2D eigenvalue weighted by molar-refractivity contribution is 6.13. The van der Waals surface area contributed by atoms with Gasteiger partial charge in [0.05, 0.1) is 0 Å². The summed E-state index contributed by atoms with van der Waals surface area (Å²) >= 11 is 0. The van der Waals surface area contributed by atoms with Gasteiger partial charge in [-0.15, -0.1) is 0 Å². The van der Waals surface area contributed by atoms with Crippen LogP contribution in [-0.4, -0.2) is 9.13 Å². The van der Waals surface area contributed by atoms with Crippen LogP contribution in [0.25, 0.3) is 54.7 Å². The third-order valence-electron chi connectivity index (χ3n) is 11.2. The van der Waals surface area contributed by atoms with Gasteiger partial charge in [0.25, 0.3) is 0 Å². The Balaban J connectivity index is 1.13. The van der Waals surface area contributed by atoms with E-state index in [4.69, 9.17) is 0 Å². The fourth-order valence-electron chi connectivity index (χ4n) is 8.71. The highest BCUT2D eigenvalue weighted by Crippen LogP contribution is 2.42. The lowest BCUT2D eigenvalue weighted by Crippen LogP contribution is -2.09. The van der Waals surface area contributed by atoms with Crippen LogP contribution in [-0.2, 0) is 13.1 Å². The van der Waals surface area contributed by atoms with E-state index in [1.165, 1.54) is 54.7 Å². The fraction of sp³-hybridized carbons (Fsp3) is 0.0769. The summed E-state index contributed by atoms with van der Waals surface area (Å²) in [5.74, 6) is 0. The molecule has 10 rings (SSSR count). The van der Waals surface area contributed by atoms with Gasteiger partial charge in [-0.25, -0.2) is 0 Å². The van der Waals surface area contributed by atoms with Crippen molar-refractivity contribution in [2.24, 2.45) is 0 Å². The molecule has 0 amide bonds. The minimum absolute atomic E-state index is 0.896. The third kappa shape index (κ3) is 5.61. The van der Waals surface area contributed by atoms with E-state index < -0.39 is 0 Å². The Morgan fingerprint density at radius 1 is 0.304 bits per heavy atom. The molecule has 56 heavy (non-hydrogen) atoms. The second-order valence-corrected chi connectivity index (χ2v) is 14.4. The van der Waals surface area contributed by atoms with Gasteiger partial charge in [-0.3, -0.25) is 0 Å². The van der Waals surface area contributed by atoms with Crippen LogP contribution in [0.1, 0.15) is 13.8 Å². The molecule has 270 valence electrons. The van der Waals surface area contributed by atoms with Crippen molar-refractivity contribution in [3.05, 3.63) is 194 Å². The van der Waals surface area contributed by atoms with Crippen molar-refractivity contribution in [1.82, 2.24) is 9.13 Å². The SMILES string of the molecule is CCn1c2ccc(-c3ccc4c(c3)c3cc(N(c5ccccc5)c5ccccc5)ccc3n4CC)cc2c2cc(N(c3ccccc3)c3ccccc3)ccc21. The lowest BCUT2D eigenvalue weighted by molar-refractivity contribution is 0.827. The van der Waals surface area contributed by atoms with Crippen molar-refractivity contribution >= 4 is 77.7 Å². The first kappa shape index (κ1) is 33.5. The summed E-state index contributed by atoms with van der Waals surface area (Å²) in [7, 11) is 0. The predicted molar refractivity (Wildman–Crippen MR) is 239 cm³/mol. The standard InChI is InChI=1S/C52H42N4/c1-3-53-49-29-25-37(33-45(49)47-35-43(27-31-51(47)53)55(39-17-9-5-10-18-39)40-19-11-6-12-20-40)38-26-30-50-46(34-38)48-36-44(28-32-52(48)54(50)4-2)56(41-21-13-7-14-22-41)42-23-15-8-16-24-42/h5-36H,3-4H2,1-2H3. The van der Waals surface area contributed by atoms with Gasteiger partial charge < -0.3 is 18.9 Å². The summed E-state index contributed by atoms with van der Waals surface area (Å²) in [5, 5.41) is 5.05. The molecular weight excluding hydrogens is 681 g/mol. The molecule has 0 N–H and O–H groups in total. The quantitative estimate of drug-likeness (QED) is 0.147. The van der Waals surface area contributed by atoms with Crippen molar-refractivity contribution in [3.63, 3.8) is 0 Å². The highest BCUT2D eigenvalue weighted by Gasteiger charge is 2.19. The maximum Gasteiger partial charge on any atom is 0.0492 e. The molecule has 2 heterocycles. The van der Waals surface area contributed by atoms with E-state index in [-0.39, 0.29) is 0 Å². The van der Waals surface area contributed by atoms with Gasteiger partial charge in [0.1, 0.15) is 0 Å². The molecule has 0 bridgehead atoms. The average molecular weight is 723 g/mol. The first-order valence-corrected chi connectivity index (χ1v) is 19.6. The molecule has 0 atom stereocenters. The summed E-state index contributed by atoms with van der Waals surface area (Å²) < 4.78 is 4.89. The van der Waals surface area contributed by atoms with Crippen molar-refractivity contribution in [2.75, 3.05) is 9.80 Å². The van der Waals surface area contributed by atoms with E-state index in [1.54, 1.807) is 0 Å². The number of benzene rings is 8. The van der Waals surface area contributed by atoms with E-state index in [2.05, 4.69) is 227 Å². The van der Waals surface area contributed by atoms with E-state index >= 15 is 0 Å². The number of fused-ring (bicyclic) bond motifs is 6. The first-order chi connectivity index (χ1) is 27.7. The zero-order valence-electron chi connectivity index (χ0n) is 31.7. The molecule has 0 aliphatic heterocycles. The van der Waals surface area contributed by atoms with Gasteiger partial charge in [-0.2, -0.15) is 0 Å². The molecule has 8 aromatic carbocycles. The summed E-state index contributed by atoms with van der Waals surface area (Å²) in [5.41, 5.74) is 14.3. The molecule has 4 nitrogen and oxygen atoms in total. The fourth-order valence-corrected chi connectivity index (χ4v) is 8.71. The van der Waals surface area contributed by atoms with Crippen LogP contribution in [0.5, 0.6) is 0 Å². The summed E-state index contributed by atoms with van der Waals surface area (Å²) in [4.78, 5) is 4.70. The Bertz CT molecular complexity index is 2700. The molecule has 0 radical (unpaired) electrons. The number of para-hydroxylation sites is 4. The molecule has 0 spiro atoms. The van der Waals surface area contributed by atoms with Crippen LogP contribution >= 0.6 is 0 Å². The van der Waals surface area contributed by atoms with E-state index in [1.807, 2.05) is 0 Å². The van der Waals surface area contributed by atoms with Crippen LogP contribution in [0.3, 0.4) is 0 Å². The predicted octanol–water partition coefficient (Wildman–Crippen LogP) is 14.5. The van der Waals surface area contributed by atoms with Gasteiger partial charge >= 0.3 is 0 Å². The summed E-state index contributed by atoms with van der Waals surface area (Å²) in [6.07, 6.45) is 0. The van der Waals surface area contributed by atoms with Gasteiger partial charge in [-0.05, 0) is 134 Å². The number of aryl methyl sites for hydroxylation is 2. The second-order valence-electron chi connectivity index (χ2n) is 14.4. The van der Waals surface area contributed by atoms with Crippen LogP contribution in [0.15, 0.2) is 194 Å². The molecule has 0 aliphatic carbocycles. The Hall–Kier alpha value is -7.04. The van der Waals surface area contributed by atoms with Crippen LogP contribution in [0.2, 0.25) is 0 Å². The number of rotatable bonds is 9. The van der Waals surface area contributed by atoms with Crippen LogP contribution in [0, 0.1) is 0 Å². The third-order valence-corrected chi connectivity index (χ3v) is 11.2. The molecule has 0 fully saturated rings. The van der Waals surface area contributed by atoms with Crippen LogP contribution in [0.4, 0.5) is 34.1 Å². The zero-order chi connectivity index (χ0) is 37.6. The monoisotopic (exact) mass is 722 g/mol. The number of anilines is 6. The number of hydrogen-bond acceptors (Lipinski definition) is 2. The lowest BCUT2D eigenvalue weighted by Gasteiger charge is -2.25. The minimum atomic E-state index is 0.896. The van der Waals surface area contributed by atoms with E-state index in [0.717, 1.165) is 47.2 Å². The first-order valence-electron chi connectivity index (χ1n) is 19.6. The Morgan fingerprint density at radius 2 is 0.589 bits per heavy atom. The number of nitrogens with zero attached hydrogens (tertiary/aromatic N) is 4. The van der Waals surface area contributed by atoms with Crippen molar-refractivity contribution in [3.8, 4) is 11.1 Å². The largest absolute Gasteiger partial charge is 0.341 e. The molecule has 10 aromatic rings. The zero-order valence-corrected chi connectivity index (χ0v) is 31.7. The normalized spacial score (nSPS) is 11.5. The number of hydrogen-bond donors (Lipinski definition) is 0. The van der Waals surface area contributed by atoms with Gasteiger partial charge in [0.15, 0.2) is 0 Å². The van der Waals surface area contributed by atoms with Crippen molar-refractivity contribution in [1.29, 1.82) is 0 Å². The number of aromatic nitrogens is 2.